The van der Waals surface area contributed by atoms with E-state index in [1.54, 1.807) is 44.4 Å². The van der Waals surface area contributed by atoms with Crippen molar-refractivity contribution in [2.45, 2.75) is 65.0 Å². The van der Waals surface area contributed by atoms with Gasteiger partial charge in [0.05, 0.1) is 19.3 Å². The smallest absolute Gasteiger partial charge is 0.240 e. The molecular weight excluding hydrogens is 526 g/mol. The predicted molar refractivity (Wildman–Crippen MR) is 140 cm³/mol. The molecule has 0 amide bonds. The lowest BCUT2D eigenvalue weighted by molar-refractivity contribution is 0.00152. The maximum atomic E-state index is 13.7. The average molecular weight is 558 g/mol. The van der Waals surface area contributed by atoms with Gasteiger partial charge in [-0.15, -0.1) is 10.2 Å². The van der Waals surface area contributed by atoms with E-state index < -0.39 is 27.4 Å². The molecule has 0 fully saturated rings. The number of pyridine rings is 1. The van der Waals surface area contributed by atoms with Crippen molar-refractivity contribution < 1.29 is 22.4 Å². The zero-order valence-corrected chi connectivity index (χ0v) is 23.5. The van der Waals surface area contributed by atoms with Crippen LogP contribution in [0.4, 0.5) is 5.95 Å². The number of aromatic nitrogens is 8. The van der Waals surface area contributed by atoms with Crippen LogP contribution in [0.2, 0.25) is 0 Å². The second-order valence-corrected chi connectivity index (χ2v) is 11.2. The van der Waals surface area contributed by atoms with Crippen molar-refractivity contribution in [1.82, 2.24) is 39.9 Å². The zero-order chi connectivity index (χ0) is 28.3. The molecule has 0 aliphatic heterocycles. The first kappa shape index (κ1) is 28.0. The summed E-state index contributed by atoms with van der Waals surface area (Å²) in [6.07, 6.45) is 2.00. The highest BCUT2D eigenvalue weighted by molar-refractivity contribution is 7.93. The summed E-state index contributed by atoms with van der Waals surface area (Å²) in [5, 5.41) is 11.3. The van der Waals surface area contributed by atoms with Crippen molar-refractivity contribution in [3.8, 4) is 17.4 Å². The number of rotatable bonds is 11. The Morgan fingerprint density at radius 2 is 1.72 bits per heavy atom. The van der Waals surface area contributed by atoms with Crippen molar-refractivity contribution in [3.05, 3.63) is 53.7 Å². The lowest BCUT2D eigenvalue weighted by Crippen LogP contribution is -2.35. The minimum absolute atomic E-state index is 0.0652. The van der Waals surface area contributed by atoms with Crippen LogP contribution < -0.4 is 9.46 Å². The van der Waals surface area contributed by atoms with Crippen molar-refractivity contribution >= 4 is 16.0 Å². The Bertz CT molecular complexity index is 1520. The molecule has 3 atom stereocenters. The summed E-state index contributed by atoms with van der Waals surface area (Å²) in [7, 11) is -2.62. The van der Waals surface area contributed by atoms with E-state index in [2.05, 4.69) is 40.0 Å². The Morgan fingerprint density at radius 1 is 1.00 bits per heavy atom. The minimum atomic E-state index is -4.12. The van der Waals surface area contributed by atoms with Gasteiger partial charge in [-0.2, -0.15) is 4.98 Å². The van der Waals surface area contributed by atoms with Crippen molar-refractivity contribution in [2.24, 2.45) is 0 Å². The molecule has 0 saturated carbocycles. The summed E-state index contributed by atoms with van der Waals surface area (Å²) in [5.41, 5.74) is 1.25. The SMILES string of the molecule is COc1cccc(-c2nnc(NS(=O)(=O)C(C)C(OC(C)C)c3ncc(C)cn3)n2[C@H](C)c2noc(C)n2)n1. The molecule has 4 aromatic heterocycles. The van der Waals surface area contributed by atoms with E-state index in [0.29, 0.717) is 23.3 Å². The van der Waals surface area contributed by atoms with E-state index in [1.807, 2.05) is 20.8 Å². The topological polar surface area (TPSA) is 173 Å². The largest absolute Gasteiger partial charge is 0.481 e. The molecule has 14 nitrogen and oxygen atoms in total. The van der Waals surface area contributed by atoms with Gasteiger partial charge in [-0.3, -0.25) is 9.29 Å². The van der Waals surface area contributed by atoms with Gasteiger partial charge in [0.1, 0.15) is 17.0 Å². The molecule has 4 heterocycles. The van der Waals surface area contributed by atoms with E-state index in [4.69, 9.17) is 14.0 Å². The quantitative estimate of drug-likeness (QED) is 0.286. The number of sulfonamides is 1. The molecule has 0 bridgehead atoms. The normalized spacial score (nSPS) is 14.3. The molecule has 2 unspecified atom stereocenters. The molecule has 0 aliphatic rings. The standard InChI is InChI=1S/C24H31N9O5S/c1-13(2)37-20(22-25-11-14(3)12-26-22)16(5)39(34,35)32-24-30-29-23(18-9-8-10-19(28-18)36-7)33(24)15(4)21-27-17(6)38-31-21/h8-13,15-16,20H,1-7H3,(H,30,32)/t15-,16?,20?/m1/s1. The van der Waals surface area contributed by atoms with Gasteiger partial charge in [-0.1, -0.05) is 11.2 Å². The highest BCUT2D eigenvalue weighted by atomic mass is 32.2. The third-order valence-electron chi connectivity index (χ3n) is 5.79. The summed E-state index contributed by atoms with van der Waals surface area (Å²) < 4.78 is 47.9. The van der Waals surface area contributed by atoms with Crippen LogP contribution in [0.5, 0.6) is 5.88 Å². The lowest BCUT2D eigenvalue weighted by atomic mass is 10.2. The van der Waals surface area contributed by atoms with E-state index in [0.717, 1.165) is 5.56 Å². The molecule has 15 heteroatoms. The monoisotopic (exact) mass is 557 g/mol. The Labute approximate surface area is 226 Å². The summed E-state index contributed by atoms with van der Waals surface area (Å²) in [5.74, 6) is 1.47. The van der Waals surface area contributed by atoms with E-state index in [9.17, 15) is 8.42 Å². The second-order valence-electron chi connectivity index (χ2n) is 9.21. The number of aryl methyl sites for hydroxylation is 2. The van der Waals surface area contributed by atoms with Gasteiger partial charge >= 0.3 is 0 Å². The summed E-state index contributed by atoms with van der Waals surface area (Å²) in [6.45, 7) is 10.4. The molecule has 0 aromatic carbocycles. The zero-order valence-electron chi connectivity index (χ0n) is 22.7. The molecule has 4 rings (SSSR count). The number of hydrogen-bond donors (Lipinski definition) is 1. The summed E-state index contributed by atoms with van der Waals surface area (Å²) in [6, 6.07) is 4.50. The molecular formula is C24H31N9O5S. The predicted octanol–water partition coefficient (Wildman–Crippen LogP) is 3.04. The van der Waals surface area contributed by atoms with Crippen LogP contribution in [0.1, 0.15) is 62.9 Å². The first-order valence-electron chi connectivity index (χ1n) is 12.2. The molecule has 39 heavy (non-hydrogen) atoms. The highest BCUT2D eigenvalue weighted by Crippen LogP contribution is 2.31. The van der Waals surface area contributed by atoms with Gasteiger partial charge in [0.25, 0.3) is 0 Å². The fourth-order valence-corrected chi connectivity index (χ4v) is 4.85. The Hall–Kier alpha value is -3.98. The molecule has 0 saturated heterocycles. The van der Waals surface area contributed by atoms with Crippen LogP contribution in [0.25, 0.3) is 11.5 Å². The van der Waals surface area contributed by atoms with E-state index in [-0.39, 0.29) is 23.7 Å². The molecule has 4 aromatic rings. The third kappa shape index (κ3) is 6.20. The highest BCUT2D eigenvalue weighted by Gasteiger charge is 2.36. The first-order chi connectivity index (χ1) is 18.5. The number of methoxy groups -OCH3 is 1. The Morgan fingerprint density at radius 3 is 2.33 bits per heavy atom. The van der Waals surface area contributed by atoms with Crippen molar-refractivity contribution in [3.63, 3.8) is 0 Å². The fraction of sp³-hybridized carbons (Fsp3) is 0.458. The number of hydrogen-bond acceptors (Lipinski definition) is 12. The number of ether oxygens (including phenoxy) is 2. The van der Waals surface area contributed by atoms with Crippen LogP contribution in [0.3, 0.4) is 0 Å². The van der Waals surface area contributed by atoms with Gasteiger partial charge in [-0.05, 0) is 46.2 Å². The van der Waals surface area contributed by atoms with Crippen LogP contribution >= 0.6 is 0 Å². The van der Waals surface area contributed by atoms with Gasteiger partial charge in [-0.25, -0.2) is 23.4 Å². The van der Waals surface area contributed by atoms with Crippen LogP contribution in [0.15, 0.2) is 35.1 Å². The van der Waals surface area contributed by atoms with E-state index >= 15 is 0 Å². The molecule has 1 N–H and O–H groups in total. The van der Waals surface area contributed by atoms with Crippen LogP contribution in [0, 0.1) is 13.8 Å². The van der Waals surface area contributed by atoms with Gasteiger partial charge in [0, 0.05) is 25.4 Å². The summed E-state index contributed by atoms with van der Waals surface area (Å²) >= 11 is 0. The third-order valence-corrected chi connectivity index (χ3v) is 7.48. The first-order valence-corrected chi connectivity index (χ1v) is 13.8. The minimum Gasteiger partial charge on any atom is -0.481 e. The summed E-state index contributed by atoms with van der Waals surface area (Å²) in [4.78, 5) is 17.4. The lowest BCUT2D eigenvalue weighted by Gasteiger charge is -2.25. The molecule has 0 spiro atoms. The van der Waals surface area contributed by atoms with Crippen molar-refractivity contribution in [2.75, 3.05) is 11.8 Å². The Kier molecular flexibility index (Phi) is 8.20. The van der Waals surface area contributed by atoms with Crippen molar-refractivity contribution in [1.29, 1.82) is 0 Å². The fourth-order valence-electron chi connectivity index (χ4n) is 3.76. The number of anilines is 1. The van der Waals surface area contributed by atoms with Gasteiger partial charge < -0.3 is 14.0 Å². The average Bonchev–Trinajstić information content (AvgIpc) is 3.53. The molecule has 0 aliphatic carbocycles. The van der Waals surface area contributed by atoms with Gasteiger partial charge in [0.2, 0.25) is 27.7 Å². The second kappa shape index (κ2) is 11.4. The number of nitrogens with zero attached hydrogens (tertiary/aromatic N) is 8. The maximum absolute atomic E-state index is 13.7. The maximum Gasteiger partial charge on any atom is 0.240 e. The van der Waals surface area contributed by atoms with Gasteiger partial charge in [0.15, 0.2) is 17.5 Å². The molecule has 0 radical (unpaired) electrons. The number of nitrogens with one attached hydrogen (secondary N) is 1. The van der Waals surface area contributed by atoms with Crippen LogP contribution in [-0.2, 0) is 14.8 Å². The van der Waals surface area contributed by atoms with Crippen LogP contribution in [-0.4, -0.2) is 66.7 Å². The Balaban J connectivity index is 1.75. The molecule has 208 valence electrons. The van der Waals surface area contributed by atoms with E-state index in [1.165, 1.54) is 18.6 Å².